The standard InChI is InChI=1S/C10H2F14/c11-2-1-3(12)8(19,20)4(13,6(2,15)16)10(23,24)5(14,7(2,17)18)9(3,21)22/h1H2. The van der Waals surface area contributed by atoms with Gasteiger partial charge in [-0.25, -0.2) is 17.6 Å². The first kappa shape index (κ1) is 17.8. The zero-order valence-corrected chi connectivity index (χ0v) is 10.5. The van der Waals surface area contributed by atoms with Crippen molar-refractivity contribution in [2.75, 3.05) is 0 Å². The van der Waals surface area contributed by atoms with E-state index in [1.807, 2.05) is 0 Å². The summed E-state index contributed by atoms with van der Waals surface area (Å²) in [5.74, 6) is -35.9. The van der Waals surface area contributed by atoms with Crippen molar-refractivity contribution in [3.63, 3.8) is 0 Å². The fourth-order valence-electron chi connectivity index (χ4n) is 3.69. The van der Waals surface area contributed by atoms with E-state index in [-0.39, 0.29) is 0 Å². The number of halogens is 14. The molecule has 0 N–H and O–H groups in total. The van der Waals surface area contributed by atoms with E-state index < -0.39 is 58.7 Å². The summed E-state index contributed by atoms with van der Waals surface area (Å²) in [5.41, 5.74) is -27.4. The van der Waals surface area contributed by atoms with Gasteiger partial charge in [0.15, 0.2) is 0 Å². The minimum absolute atomic E-state index is 3.80. The first-order valence-corrected chi connectivity index (χ1v) is 5.85. The Morgan fingerprint density at radius 1 is 0.333 bits per heavy atom. The first-order valence-electron chi connectivity index (χ1n) is 5.85. The van der Waals surface area contributed by atoms with Gasteiger partial charge in [-0.2, -0.15) is 43.9 Å². The summed E-state index contributed by atoms with van der Waals surface area (Å²) >= 11 is 0. The van der Waals surface area contributed by atoms with Gasteiger partial charge in [0, 0.05) is 6.42 Å². The van der Waals surface area contributed by atoms with Gasteiger partial charge in [-0.1, -0.05) is 0 Å². The van der Waals surface area contributed by atoms with Gasteiger partial charge in [-0.15, -0.1) is 0 Å². The van der Waals surface area contributed by atoms with Crippen LogP contribution in [0, 0.1) is 0 Å². The largest absolute Gasteiger partial charge is 0.339 e. The van der Waals surface area contributed by atoms with Crippen molar-refractivity contribution in [2.24, 2.45) is 0 Å². The molecule has 0 aromatic heterocycles. The van der Waals surface area contributed by atoms with Crippen molar-refractivity contribution in [3.05, 3.63) is 0 Å². The molecule has 0 aliphatic heterocycles. The molecular weight excluding hydrogens is 386 g/mol. The van der Waals surface area contributed by atoms with Crippen LogP contribution >= 0.6 is 0 Å². The summed E-state index contributed by atoms with van der Waals surface area (Å²) in [5, 5.41) is 0. The summed E-state index contributed by atoms with van der Waals surface area (Å²) < 4.78 is 192. The fraction of sp³-hybridized carbons (Fsp3) is 1.00. The third-order valence-electron chi connectivity index (χ3n) is 5.07. The molecule has 140 valence electrons. The quantitative estimate of drug-likeness (QED) is 0.539. The Balaban J connectivity index is 2.60. The lowest BCUT2D eigenvalue weighted by molar-refractivity contribution is -0.569. The average molecular weight is 388 g/mol. The van der Waals surface area contributed by atoms with Crippen molar-refractivity contribution >= 4 is 0 Å². The van der Waals surface area contributed by atoms with Crippen molar-refractivity contribution in [3.8, 4) is 0 Å². The third-order valence-corrected chi connectivity index (χ3v) is 5.07. The Morgan fingerprint density at radius 2 is 0.542 bits per heavy atom. The van der Waals surface area contributed by atoms with Gasteiger partial charge in [0.25, 0.3) is 0 Å². The summed E-state index contributed by atoms with van der Waals surface area (Å²) in [6, 6.07) is 0. The Hall–Kier alpha value is -0.980. The molecule has 4 bridgehead atoms. The lowest BCUT2D eigenvalue weighted by Crippen LogP contribution is -3.04. The average Bonchev–Trinajstić information content (AvgIpc) is 2.39. The molecule has 0 nitrogen and oxygen atoms in total. The monoisotopic (exact) mass is 388 g/mol. The van der Waals surface area contributed by atoms with Crippen LogP contribution in [0.5, 0.6) is 0 Å². The molecule has 0 atom stereocenters. The SMILES string of the molecule is FC1(F)C2(F)CC3(F)C(F)(F)C1(F)C(F)(F)C(F)(C2(F)F)C3(F)F. The second-order valence-electron chi connectivity index (χ2n) is 5.97. The lowest BCUT2D eigenvalue weighted by Gasteiger charge is -2.71. The molecule has 0 unspecified atom stereocenters. The summed E-state index contributed by atoms with van der Waals surface area (Å²) in [7, 11) is 0. The highest BCUT2D eigenvalue weighted by Gasteiger charge is 3.17. The predicted molar refractivity (Wildman–Crippen MR) is 44.7 cm³/mol. The van der Waals surface area contributed by atoms with E-state index in [9.17, 15) is 61.5 Å². The summed E-state index contributed by atoms with van der Waals surface area (Å²) in [6.45, 7) is 0. The summed E-state index contributed by atoms with van der Waals surface area (Å²) in [4.78, 5) is 0. The molecule has 0 aromatic carbocycles. The van der Waals surface area contributed by atoms with Gasteiger partial charge in [0.1, 0.15) is 0 Å². The van der Waals surface area contributed by atoms with Gasteiger partial charge < -0.3 is 0 Å². The highest BCUT2D eigenvalue weighted by atomic mass is 19.3. The van der Waals surface area contributed by atoms with Crippen molar-refractivity contribution in [2.45, 2.75) is 58.7 Å². The van der Waals surface area contributed by atoms with E-state index in [1.165, 1.54) is 0 Å². The van der Waals surface area contributed by atoms with Crippen LogP contribution in [0.25, 0.3) is 0 Å². The van der Waals surface area contributed by atoms with Crippen LogP contribution in [0.1, 0.15) is 6.42 Å². The molecule has 0 amide bonds. The molecule has 0 spiro atoms. The topological polar surface area (TPSA) is 0 Å². The van der Waals surface area contributed by atoms with Crippen LogP contribution in [0.2, 0.25) is 0 Å². The Morgan fingerprint density at radius 3 is 0.750 bits per heavy atom. The van der Waals surface area contributed by atoms with Crippen LogP contribution in [-0.2, 0) is 0 Å². The lowest BCUT2D eigenvalue weighted by atomic mass is 9.42. The van der Waals surface area contributed by atoms with E-state index >= 15 is 0 Å². The van der Waals surface area contributed by atoms with Crippen LogP contribution in [0.15, 0.2) is 0 Å². The number of rotatable bonds is 0. The van der Waals surface area contributed by atoms with E-state index in [2.05, 4.69) is 0 Å². The molecule has 4 saturated carbocycles. The maximum atomic E-state index is 14.0. The molecule has 24 heavy (non-hydrogen) atoms. The first-order chi connectivity index (χ1) is 10.2. The van der Waals surface area contributed by atoms with Gasteiger partial charge in [-0.3, -0.25) is 0 Å². The van der Waals surface area contributed by atoms with E-state index in [4.69, 9.17) is 0 Å². The van der Waals surface area contributed by atoms with Gasteiger partial charge >= 0.3 is 41.0 Å². The smallest absolute Gasteiger partial charge is 0.230 e. The molecule has 14 heteroatoms. The molecule has 0 aromatic rings. The van der Waals surface area contributed by atoms with Gasteiger partial charge in [0.2, 0.25) is 11.3 Å². The van der Waals surface area contributed by atoms with Crippen molar-refractivity contribution in [1.29, 1.82) is 0 Å². The molecule has 4 aliphatic rings. The zero-order valence-electron chi connectivity index (χ0n) is 10.5. The molecule has 4 rings (SSSR count). The maximum absolute atomic E-state index is 14.0. The van der Waals surface area contributed by atoms with Gasteiger partial charge in [0.05, 0.1) is 0 Å². The minimum Gasteiger partial charge on any atom is -0.230 e. The molecule has 4 aliphatic carbocycles. The van der Waals surface area contributed by atoms with Crippen LogP contribution < -0.4 is 0 Å². The van der Waals surface area contributed by atoms with E-state index in [0.717, 1.165) is 0 Å². The molecule has 0 heterocycles. The second kappa shape index (κ2) is 3.33. The third kappa shape index (κ3) is 0.933. The maximum Gasteiger partial charge on any atom is 0.339 e. The predicted octanol–water partition coefficient (Wildman–Crippen LogP) is 4.43. The molecule has 4 fully saturated rings. The Kier molecular flexibility index (Phi) is 2.48. The number of hydrogen-bond donors (Lipinski definition) is 0. The van der Waals surface area contributed by atoms with Crippen LogP contribution in [0.4, 0.5) is 61.5 Å². The van der Waals surface area contributed by atoms with E-state index in [1.54, 1.807) is 0 Å². The van der Waals surface area contributed by atoms with E-state index in [0.29, 0.717) is 0 Å². The molecule has 0 radical (unpaired) electrons. The van der Waals surface area contributed by atoms with Crippen molar-refractivity contribution in [1.82, 2.24) is 0 Å². The summed E-state index contributed by atoms with van der Waals surface area (Å²) in [6.07, 6.45) is -3.80. The van der Waals surface area contributed by atoms with Crippen LogP contribution in [-0.4, -0.2) is 52.3 Å². The van der Waals surface area contributed by atoms with Crippen molar-refractivity contribution < 1.29 is 61.5 Å². The second-order valence-corrected chi connectivity index (χ2v) is 5.97. The zero-order chi connectivity index (χ0) is 19.2. The Labute approximate surface area is 121 Å². The minimum atomic E-state index is -7.55. The number of hydrogen-bond acceptors (Lipinski definition) is 0. The fourth-order valence-corrected chi connectivity index (χ4v) is 3.69. The molecule has 0 saturated heterocycles. The number of alkyl halides is 14. The highest BCUT2D eigenvalue weighted by molar-refractivity contribution is 5.49. The normalized spacial score (nSPS) is 54.8. The van der Waals surface area contributed by atoms with Crippen LogP contribution in [0.3, 0.4) is 0 Å². The van der Waals surface area contributed by atoms with Gasteiger partial charge in [-0.05, 0) is 0 Å². The molecular formula is C10H2F14. The Bertz CT molecular complexity index is 547. The highest BCUT2D eigenvalue weighted by Crippen LogP contribution is 2.85.